The van der Waals surface area contributed by atoms with Crippen molar-refractivity contribution in [2.45, 2.75) is 6.92 Å². The highest BCUT2D eigenvalue weighted by Crippen LogP contribution is 2.19. The molecule has 1 aromatic carbocycles. The van der Waals surface area contributed by atoms with E-state index in [1.54, 1.807) is 24.3 Å². The minimum Gasteiger partial charge on any atom is -0.508 e. The average Bonchev–Trinajstić information content (AvgIpc) is 2.23. The summed E-state index contributed by atoms with van der Waals surface area (Å²) in [6, 6.07) is 4.82. The van der Waals surface area contributed by atoms with Gasteiger partial charge in [0.2, 0.25) is 5.91 Å². The first-order valence-electron chi connectivity index (χ1n) is 5.04. The van der Waals surface area contributed by atoms with Gasteiger partial charge in [-0.1, -0.05) is 6.08 Å². The number of nitrogens with one attached hydrogen (secondary N) is 2. The fraction of sp³-hybridized carbons (Fsp3) is 0.250. The third-order valence-electron chi connectivity index (χ3n) is 2.06. The Kier molecular flexibility index (Phi) is 4.54. The quantitative estimate of drug-likeness (QED) is 0.399. The molecule has 0 radical (unpaired) electrons. The van der Waals surface area contributed by atoms with Gasteiger partial charge in [-0.05, 0) is 30.7 Å². The molecule has 0 spiro atoms. The predicted molar refractivity (Wildman–Crippen MR) is 64.5 cm³/mol. The number of hydrogen-bond donors (Lipinski definition) is 3. The lowest BCUT2D eigenvalue weighted by Gasteiger charge is -2.08. The molecule has 3 N–H and O–H groups in total. The molecule has 0 atom stereocenters. The molecule has 1 aromatic rings. The van der Waals surface area contributed by atoms with Crippen LogP contribution in [0.2, 0.25) is 0 Å². The Hall–Kier alpha value is -1.81. The number of rotatable bonds is 5. The predicted octanol–water partition coefficient (Wildman–Crippen LogP) is 1.41. The Morgan fingerprint density at radius 3 is 2.94 bits per heavy atom. The Labute approximate surface area is 95.0 Å². The van der Waals surface area contributed by atoms with Gasteiger partial charge in [-0.25, -0.2) is 0 Å². The Balaban J connectivity index is 2.52. The van der Waals surface area contributed by atoms with Crippen molar-refractivity contribution >= 4 is 11.6 Å². The summed E-state index contributed by atoms with van der Waals surface area (Å²) in [5, 5.41) is 14.9. The second-order valence-electron chi connectivity index (χ2n) is 3.47. The van der Waals surface area contributed by atoms with Crippen molar-refractivity contribution in [3.8, 4) is 5.75 Å². The number of anilines is 1. The van der Waals surface area contributed by atoms with E-state index in [1.165, 1.54) is 0 Å². The number of carbonyl (C=O) groups excluding carboxylic acids is 1. The standard InChI is InChI=1S/C12H16N2O2/c1-3-6-13-8-12(16)14-11-5-4-10(15)7-9(11)2/h3-5,7,13,15H,1,6,8H2,2H3,(H,14,16). The average molecular weight is 220 g/mol. The second kappa shape index (κ2) is 5.92. The van der Waals surface area contributed by atoms with E-state index in [-0.39, 0.29) is 18.2 Å². The molecule has 0 saturated carbocycles. The largest absolute Gasteiger partial charge is 0.508 e. The topological polar surface area (TPSA) is 61.4 Å². The van der Waals surface area contributed by atoms with E-state index in [0.717, 1.165) is 5.56 Å². The van der Waals surface area contributed by atoms with Gasteiger partial charge < -0.3 is 15.7 Å². The molecular weight excluding hydrogens is 204 g/mol. The number of aromatic hydroxyl groups is 1. The minimum atomic E-state index is -0.115. The van der Waals surface area contributed by atoms with Crippen LogP contribution in [0.25, 0.3) is 0 Å². The zero-order chi connectivity index (χ0) is 12.0. The molecule has 0 bridgehead atoms. The van der Waals surface area contributed by atoms with Gasteiger partial charge in [0.15, 0.2) is 0 Å². The van der Waals surface area contributed by atoms with E-state index in [9.17, 15) is 9.90 Å². The number of phenolic OH excluding ortho intramolecular Hbond substituents is 1. The molecule has 0 unspecified atom stereocenters. The zero-order valence-corrected chi connectivity index (χ0v) is 9.29. The number of benzene rings is 1. The Morgan fingerprint density at radius 1 is 1.56 bits per heavy atom. The number of aryl methyl sites for hydroxylation is 1. The lowest BCUT2D eigenvalue weighted by Crippen LogP contribution is -2.28. The van der Waals surface area contributed by atoms with E-state index in [4.69, 9.17) is 0 Å². The summed E-state index contributed by atoms with van der Waals surface area (Å²) in [6.07, 6.45) is 1.69. The first-order chi connectivity index (χ1) is 7.63. The summed E-state index contributed by atoms with van der Waals surface area (Å²) in [7, 11) is 0. The summed E-state index contributed by atoms with van der Waals surface area (Å²) < 4.78 is 0. The van der Waals surface area contributed by atoms with Gasteiger partial charge in [-0.2, -0.15) is 0 Å². The first-order valence-corrected chi connectivity index (χ1v) is 5.04. The van der Waals surface area contributed by atoms with E-state index >= 15 is 0 Å². The van der Waals surface area contributed by atoms with Gasteiger partial charge in [-0.3, -0.25) is 4.79 Å². The van der Waals surface area contributed by atoms with Gasteiger partial charge in [0.25, 0.3) is 0 Å². The third-order valence-corrected chi connectivity index (χ3v) is 2.06. The number of amides is 1. The molecule has 0 aliphatic carbocycles. The highest BCUT2D eigenvalue weighted by Gasteiger charge is 2.04. The number of hydrogen-bond acceptors (Lipinski definition) is 3. The van der Waals surface area contributed by atoms with Crippen molar-refractivity contribution in [2.75, 3.05) is 18.4 Å². The maximum atomic E-state index is 11.5. The first kappa shape index (κ1) is 12.3. The maximum absolute atomic E-state index is 11.5. The summed E-state index contributed by atoms with van der Waals surface area (Å²) in [4.78, 5) is 11.5. The highest BCUT2D eigenvalue weighted by molar-refractivity contribution is 5.93. The molecule has 1 amide bonds. The fourth-order valence-corrected chi connectivity index (χ4v) is 1.27. The van der Waals surface area contributed by atoms with Crippen LogP contribution in [0.4, 0.5) is 5.69 Å². The van der Waals surface area contributed by atoms with Crippen LogP contribution in [-0.4, -0.2) is 24.1 Å². The highest BCUT2D eigenvalue weighted by atomic mass is 16.3. The van der Waals surface area contributed by atoms with Crippen molar-refractivity contribution < 1.29 is 9.90 Å². The van der Waals surface area contributed by atoms with Crippen molar-refractivity contribution in [2.24, 2.45) is 0 Å². The van der Waals surface area contributed by atoms with Crippen LogP contribution in [0.1, 0.15) is 5.56 Å². The van der Waals surface area contributed by atoms with Gasteiger partial charge in [0.1, 0.15) is 5.75 Å². The Bertz CT molecular complexity index is 389. The third kappa shape index (κ3) is 3.74. The smallest absolute Gasteiger partial charge is 0.238 e. The molecule has 0 heterocycles. The van der Waals surface area contributed by atoms with Crippen molar-refractivity contribution in [1.82, 2.24) is 5.32 Å². The molecule has 1 rings (SSSR count). The van der Waals surface area contributed by atoms with Crippen LogP contribution in [-0.2, 0) is 4.79 Å². The molecule has 86 valence electrons. The summed E-state index contributed by atoms with van der Waals surface area (Å²) >= 11 is 0. The number of carbonyl (C=O) groups is 1. The van der Waals surface area contributed by atoms with Gasteiger partial charge in [0, 0.05) is 12.2 Å². The normalized spacial score (nSPS) is 9.81. The molecule has 4 heteroatoms. The summed E-state index contributed by atoms with van der Waals surface area (Å²) in [5.41, 5.74) is 1.54. The Morgan fingerprint density at radius 2 is 2.31 bits per heavy atom. The molecule has 16 heavy (non-hydrogen) atoms. The van der Waals surface area contributed by atoms with E-state index in [1.807, 2.05) is 6.92 Å². The molecule has 0 aliphatic heterocycles. The van der Waals surface area contributed by atoms with Crippen molar-refractivity contribution in [3.63, 3.8) is 0 Å². The SMILES string of the molecule is C=CCNCC(=O)Nc1ccc(O)cc1C. The van der Waals surface area contributed by atoms with Crippen LogP contribution in [0.5, 0.6) is 5.75 Å². The van der Waals surface area contributed by atoms with E-state index in [0.29, 0.717) is 12.2 Å². The van der Waals surface area contributed by atoms with Crippen molar-refractivity contribution in [3.05, 3.63) is 36.4 Å². The van der Waals surface area contributed by atoms with Gasteiger partial charge in [-0.15, -0.1) is 6.58 Å². The van der Waals surface area contributed by atoms with E-state index < -0.39 is 0 Å². The molecule has 0 saturated heterocycles. The van der Waals surface area contributed by atoms with Crippen LogP contribution < -0.4 is 10.6 Å². The van der Waals surface area contributed by atoms with Gasteiger partial charge >= 0.3 is 0 Å². The summed E-state index contributed by atoms with van der Waals surface area (Å²) in [6.45, 7) is 6.21. The van der Waals surface area contributed by atoms with Crippen LogP contribution >= 0.6 is 0 Å². The maximum Gasteiger partial charge on any atom is 0.238 e. The lowest BCUT2D eigenvalue weighted by molar-refractivity contribution is -0.115. The number of phenols is 1. The molecule has 0 fully saturated rings. The van der Waals surface area contributed by atoms with Crippen molar-refractivity contribution in [1.29, 1.82) is 0 Å². The molecular formula is C12H16N2O2. The van der Waals surface area contributed by atoms with E-state index in [2.05, 4.69) is 17.2 Å². The van der Waals surface area contributed by atoms with Crippen LogP contribution in [0.3, 0.4) is 0 Å². The second-order valence-corrected chi connectivity index (χ2v) is 3.47. The monoisotopic (exact) mass is 220 g/mol. The van der Waals surface area contributed by atoms with Crippen LogP contribution in [0, 0.1) is 6.92 Å². The molecule has 4 nitrogen and oxygen atoms in total. The van der Waals surface area contributed by atoms with Crippen LogP contribution in [0.15, 0.2) is 30.9 Å². The molecule has 0 aromatic heterocycles. The minimum absolute atomic E-state index is 0.115. The molecule has 0 aliphatic rings. The fourth-order valence-electron chi connectivity index (χ4n) is 1.27. The summed E-state index contributed by atoms with van der Waals surface area (Å²) in [5.74, 6) is 0.0796. The van der Waals surface area contributed by atoms with Gasteiger partial charge in [0.05, 0.1) is 6.54 Å². The zero-order valence-electron chi connectivity index (χ0n) is 9.29. The lowest BCUT2D eigenvalue weighted by atomic mass is 10.2.